The Hall–Kier alpha value is -1.35. The van der Waals surface area contributed by atoms with Crippen LogP contribution in [0.15, 0.2) is 52.2 Å². The van der Waals surface area contributed by atoms with E-state index in [-0.39, 0.29) is 0 Å². The molecular formula is C17H19BrN2. The van der Waals surface area contributed by atoms with Crippen molar-refractivity contribution in [2.75, 3.05) is 0 Å². The van der Waals surface area contributed by atoms with Crippen LogP contribution in [-0.4, -0.2) is 10.8 Å². The molecule has 0 atom stereocenters. The van der Waals surface area contributed by atoms with E-state index in [1.807, 2.05) is 30.5 Å². The van der Waals surface area contributed by atoms with E-state index in [9.17, 15) is 0 Å². The fourth-order valence-corrected chi connectivity index (χ4v) is 3.20. The van der Waals surface area contributed by atoms with Gasteiger partial charge in [0, 0.05) is 34.7 Å². The lowest BCUT2D eigenvalue weighted by molar-refractivity contribution is 0.354. The number of aromatic nitrogens is 1. The number of hydrogen-bond acceptors (Lipinski definition) is 1. The number of halogens is 1. The standard InChI is InChI=1S/C17H19BrN2/c18-16-8-4-5-9-17(16)19-12-14-10-11-20(13-14)15-6-2-1-3-7-15/h4-5,8-13,15H,1-3,6-7H2. The number of hydrogen-bond donors (Lipinski definition) is 0. The molecule has 0 radical (unpaired) electrons. The molecule has 0 spiro atoms. The minimum atomic E-state index is 0.689. The number of benzene rings is 1. The van der Waals surface area contributed by atoms with Crippen molar-refractivity contribution in [3.63, 3.8) is 0 Å². The molecule has 0 aliphatic heterocycles. The van der Waals surface area contributed by atoms with E-state index in [1.165, 1.54) is 37.7 Å². The van der Waals surface area contributed by atoms with Gasteiger partial charge in [-0.3, -0.25) is 4.99 Å². The average Bonchev–Trinajstić information content (AvgIpc) is 2.96. The second kappa shape index (κ2) is 6.40. The molecule has 0 amide bonds. The first-order chi connectivity index (χ1) is 9.83. The Morgan fingerprint density at radius 1 is 1.10 bits per heavy atom. The zero-order valence-corrected chi connectivity index (χ0v) is 13.1. The van der Waals surface area contributed by atoms with Crippen LogP contribution in [0.4, 0.5) is 5.69 Å². The quantitative estimate of drug-likeness (QED) is 0.660. The molecule has 1 saturated carbocycles. The maximum absolute atomic E-state index is 4.55. The lowest BCUT2D eigenvalue weighted by atomic mass is 9.95. The lowest BCUT2D eigenvalue weighted by Gasteiger charge is -2.23. The summed E-state index contributed by atoms with van der Waals surface area (Å²) in [5, 5.41) is 0. The highest BCUT2D eigenvalue weighted by molar-refractivity contribution is 9.10. The molecule has 1 aliphatic carbocycles. The molecule has 1 heterocycles. The van der Waals surface area contributed by atoms with Gasteiger partial charge >= 0.3 is 0 Å². The summed E-state index contributed by atoms with van der Waals surface area (Å²) in [7, 11) is 0. The van der Waals surface area contributed by atoms with Crippen LogP contribution in [0.25, 0.3) is 0 Å². The summed E-state index contributed by atoms with van der Waals surface area (Å²) in [5.74, 6) is 0. The SMILES string of the molecule is Brc1ccccc1N=Cc1ccn(C2CCCCC2)c1. The van der Waals surface area contributed by atoms with Crippen molar-refractivity contribution in [2.24, 2.45) is 4.99 Å². The van der Waals surface area contributed by atoms with Gasteiger partial charge in [0.05, 0.1) is 5.69 Å². The normalized spacial score (nSPS) is 16.9. The number of para-hydroxylation sites is 1. The fourth-order valence-electron chi connectivity index (χ4n) is 2.81. The molecule has 0 unspecified atom stereocenters. The van der Waals surface area contributed by atoms with Gasteiger partial charge in [-0.1, -0.05) is 31.4 Å². The van der Waals surface area contributed by atoms with Crippen LogP contribution in [0.5, 0.6) is 0 Å². The summed E-state index contributed by atoms with van der Waals surface area (Å²) in [6.07, 6.45) is 13.1. The van der Waals surface area contributed by atoms with Gasteiger partial charge in [0.1, 0.15) is 0 Å². The third-order valence-corrected chi connectivity index (χ3v) is 4.61. The Kier molecular flexibility index (Phi) is 4.36. The minimum Gasteiger partial charge on any atom is -0.351 e. The molecule has 20 heavy (non-hydrogen) atoms. The van der Waals surface area contributed by atoms with Crippen molar-refractivity contribution < 1.29 is 0 Å². The molecule has 104 valence electrons. The molecule has 1 aromatic heterocycles. The van der Waals surface area contributed by atoms with Gasteiger partial charge in [-0.15, -0.1) is 0 Å². The van der Waals surface area contributed by atoms with Crippen LogP contribution in [0, 0.1) is 0 Å². The van der Waals surface area contributed by atoms with E-state index in [4.69, 9.17) is 0 Å². The maximum atomic E-state index is 4.55. The predicted octanol–water partition coefficient (Wildman–Crippen LogP) is 5.51. The summed E-state index contributed by atoms with van der Waals surface area (Å²) in [6.45, 7) is 0. The first-order valence-corrected chi connectivity index (χ1v) is 8.08. The maximum Gasteiger partial charge on any atom is 0.0771 e. The Morgan fingerprint density at radius 2 is 1.90 bits per heavy atom. The monoisotopic (exact) mass is 330 g/mol. The van der Waals surface area contributed by atoms with Crippen LogP contribution >= 0.6 is 15.9 Å². The summed E-state index contributed by atoms with van der Waals surface area (Å²) in [6, 6.07) is 10.9. The largest absolute Gasteiger partial charge is 0.351 e. The molecule has 2 nitrogen and oxygen atoms in total. The molecule has 3 heteroatoms. The van der Waals surface area contributed by atoms with E-state index >= 15 is 0 Å². The van der Waals surface area contributed by atoms with Crippen molar-refractivity contribution in [1.29, 1.82) is 0 Å². The molecule has 2 aromatic rings. The summed E-state index contributed by atoms with van der Waals surface area (Å²) < 4.78 is 3.39. The fraction of sp³-hybridized carbons (Fsp3) is 0.353. The van der Waals surface area contributed by atoms with E-state index in [1.54, 1.807) is 0 Å². The van der Waals surface area contributed by atoms with Gasteiger partial charge in [-0.2, -0.15) is 0 Å². The van der Waals surface area contributed by atoms with Crippen molar-refractivity contribution in [2.45, 2.75) is 38.1 Å². The second-order valence-electron chi connectivity index (χ2n) is 5.39. The number of rotatable bonds is 3. The van der Waals surface area contributed by atoms with E-state index < -0.39 is 0 Å². The van der Waals surface area contributed by atoms with Crippen LogP contribution in [0.1, 0.15) is 43.7 Å². The van der Waals surface area contributed by atoms with Gasteiger partial charge < -0.3 is 4.57 Å². The molecule has 1 fully saturated rings. The Bertz CT molecular complexity index is 595. The molecule has 3 rings (SSSR count). The van der Waals surface area contributed by atoms with Crippen molar-refractivity contribution >= 4 is 27.8 Å². The minimum absolute atomic E-state index is 0.689. The van der Waals surface area contributed by atoms with Crippen molar-refractivity contribution in [3.8, 4) is 0 Å². The lowest BCUT2D eigenvalue weighted by Crippen LogP contribution is -2.10. The van der Waals surface area contributed by atoms with Gasteiger partial charge in [-0.25, -0.2) is 0 Å². The topological polar surface area (TPSA) is 17.3 Å². The molecule has 0 N–H and O–H groups in total. The van der Waals surface area contributed by atoms with Crippen molar-refractivity contribution in [1.82, 2.24) is 4.57 Å². The van der Waals surface area contributed by atoms with Gasteiger partial charge in [-0.05, 0) is 47.0 Å². The smallest absolute Gasteiger partial charge is 0.0771 e. The molecular weight excluding hydrogens is 312 g/mol. The van der Waals surface area contributed by atoms with Crippen LogP contribution in [0.3, 0.4) is 0 Å². The highest BCUT2D eigenvalue weighted by Crippen LogP contribution is 2.28. The van der Waals surface area contributed by atoms with Crippen LogP contribution < -0.4 is 0 Å². The zero-order valence-electron chi connectivity index (χ0n) is 11.5. The van der Waals surface area contributed by atoms with Crippen LogP contribution in [-0.2, 0) is 0 Å². The molecule has 1 aromatic carbocycles. The van der Waals surface area contributed by atoms with Crippen LogP contribution in [0.2, 0.25) is 0 Å². The van der Waals surface area contributed by atoms with E-state index in [2.05, 4.69) is 43.9 Å². The summed E-state index contributed by atoms with van der Waals surface area (Å²) in [5.41, 5.74) is 2.14. The molecule has 0 saturated heterocycles. The molecule has 0 bridgehead atoms. The van der Waals surface area contributed by atoms with E-state index in [0.29, 0.717) is 6.04 Å². The highest BCUT2D eigenvalue weighted by Gasteiger charge is 2.14. The zero-order chi connectivity index (χ0) is 13.8. The highest BCUT2D eigenvalue weighted by atomic mass is 79.9. The third kappa shape index (κ3) is 3.21. The number of aliphatic imine (C=N–C) groups is 1. The number of nitrogens with zero attached hydrogens (tertiary/aromatic N) is 2. The first-order valence-electron chi connectivity index (χ1n) is 7.29. The molecule has 1 aliphatic rings. The van der Waals surface area contributed by atoms with Gasteiger partial charge in [0.15, 0.2) is 0 Å². The Balaban J connectivity index is 1.72. The first kappa shape index (κ1) is 13.6. The average molecular weight is 331 g/mol. The summed E-state index contributed by atoms with van der Waals surface area (Å²) in [4.78, 5) is 4.55. The second-order valence-corrected chi connectivity index (χ2v) is 6.25. The summed E-state index contributed by atoms with van der Waals surface area (Å²) >= 11 is 3.52. The predicted molar refractivity (Wildman–Crippen MR) is 88.0 cm³/mol. The van der Waals surface area contributed by atoms with E-state index in [0.717, 1.165) is 10.2 Å². The Labute approximate surface area is 128 Å². The Morgan fingerprint density at radius 3 is 2.70 bits per heavy atom. The van der Waals surface area contributed by atoms with Gasteiger partial charge in [0.2, 0.25) is 0 Å². The van der Waals surface area contributed by atoms with Crippen molar-refractivity contribution in [3.05, 3.63) is 52.8 Å². The van der Waals surface area contributed by atoms with Gasteiger partial charge in [0.25, 0.3) is 0 Å². The third-order valence-electron chi connectivity index (χ3n) is 3.94.